The van der Waals surface area contributed by atoms with Gasteiger partial charge in [0.05, 0.1) is 5.56 Å². The van der Waals surface area contributed by atoms with E-state index in [9.17, 15) is 18.0 Å². The van der Waals surface area contributed by atoms with Crippen LogP contribution in [0.2, 0.25) is 0 Å². The molecule has 19 heavy (non-hydrogen) atoms. The maximum Gasteiger partial charge on any atom is 0.416 e. The topological polar surface area (TPSA) is 49.3 Å². The summed E-state index contributed by atoms with van der Waals surface area (Å²) in [5.74, 6) is 0.237. The molecule has 6 heteroatoms. The number of hydrogen-bond donors (Lipinski definition) is 2. The van der Waals surface area contributed by atoms with Crippen molar-refractivity contribution in [2.75, 3.05) is 5.32 Å². The van der Waals surface area contributed by atoms with Crippen molar-refractivity contribution < 1.29 is 23.1 Å². The number of alkyl halides is 3. The van der Waals surface area contributed by atoms with Crippen molar-refractivity contribution in [2.45, 2.75) is 32.9 Å². The number of halogens is 3. The van der Waals surface area contributed by atoms with Gasteiger partial charge < -0.3 is 5.11 Å². The highest BCUT2D eigenvalue weighted by Crippen LogP contribution is 2.32. The zero-order valence-corrected chi connectivity index (χ0v) is 10.7. The van der Waals surface area contributed by atoms with Crippen molar-refractivity contribution in [3.8, 4) is 0 Å². The first-order valence-corrected chi connectivity index (χ1v) is 5.93. The summed E-state index contributed by atoms with van der Waals surface area (Å²) in [4.78, 5) is 10.5. The SMILES string of the molecule is CCC(C)Cc1cc(NC(=O)O)cc(C(F)(F)F)c1. The fourth-order valence-electron chi connectivity index (χ4n) is 1.72. The minimum absolute atomic E-state index is 0.0550. The van der Waals surface area contributed by atoms with Crippen LogP contribution in [0, 0.1) is 5.92 Å². The van der Waals surface area contributed by atoms with Gasteiger partial charge in [0, 0.05) is 5.69 Å². The molecular formula is C13H16F3NO2. The lowest BCUT2D eigenvalue weighted by atomic mass is 9.97. The van der Waals surface area contributed by atoms with E-state index in [0.29, 0.717) is 12.0 Å². The highest BCUT2D eigenvalue weighted by atomic mass is 19.4. The van der Waals surface area contributed by atoms with Crippen LogP contribution in [0.3, 0.4) is 0 Å². The Morgan fingerprint density at radius 2 is 2.00 bits per heavy atom. The third kappa shape index (κ3) is 4.81. The van der Waals surface area contributed by atoms with Crippen molar-refractivity contribution in [2.24, 2.45) is 5.92 Å². The highest BCUT2D eigenvalue weighted by molar-refractivity contribution is 5.83. The molecule has 0 aliphatic carbocycles. The first kappa shape index (κ1) is 15.3. The Hall–Kier alpha value is -1.72. The molecule has 0 fully saturated rings. The summed E-state index contributed by atoms with van der Waals surface area (Å²) in [6.07, 6.45) is -4.54. The minimum atomic E-state index is -4.49. The summed E-state index contributed by atoms with van der Waals surface area (Å²) in [5, 5.41) is 10.6. The number of hydrogen-bond acceptors (Lipinski definition) is 1. The van der Waals surface area contributed by atoms with Crippen LogP contribution in [-0.2, 0) is 12.6 Å². The Morgan fingerprint density at radius 3 is 2.47 bits per heavy atom. The number of benzene rings is 1. The average Bonchev–Trinajstić information content (AvgIpc) is 2.26. The van der Waals surface area contributed by atoms with E-state index in [-0.39, 0.29) is 11.6 Å². The summed E-state index contributed by atoms with van der Waals surface area (Å²) in [7, 11) is 0. The number of nitrogens with one attached hydrogen (secondary N) is 1. The van der Waals surface area contributed by atoms with E-state index in [2.05, 4.69) is 0 Å². The molecule has 1 aromatic rings. The quantitative estimate of drug-likeness (QED) is 0.856. The van der Waals surface area contributed by atoms with Crippen LogP contribution in [-0.4, -0.2) is 11.2 Å². The first-order valence-electron chi connectivity index (χ1n) is 5.93. The molecule has 0 aromatic heterocycles. The van der Waals surface area contributed by atoms with Gasteiger partial charge in [-0.15, -0.1) is 0 Å². The van der Waals surface area contributed by atoms with Gasteiger partial charge in [0.15, 0.2) is 0 Å². The Kier molecular flexibility index (Phi) is 4.80. The van der Waals surface area contributed by atoms with Gasteiger partial charge in [-0.3, -0.25) is 5.32 Å². The molecule has 1 rings (SSSR count). The predicted octanol–water partition coefficient (Wildman–Crippen LogP) is 4.38. The molecule has 0 bridgehead atoms. The number of carbonyl (C=O) groups is 1. The standard InChI is InChI=1S/C13H16F3NO2/c1-3-8(2)4-9-5-10(13(14,15)16)7-11(6-9)17-12(18)19/h5-8,17H,3-4H2,1-2H3,(H,18,19). The Balaban J connectivity index is 3.12. The average molecular weight is 275 g/mol. The van der Waals surface area contributed by atoms with Crippen LogP contribution in [0.25, 0.3) is 0 Å². The Labute approximate surface area is 109 Å². The first-order chi connectivity index (χ1) is 8.72. The van der Waals surface area contributed by atoms with Crippen LogP contribution in [0.4, 0.5) is 23.7 Å². The molecule has 0 heterocycles. The fourth-order valence-corrected chi connectivity index (χ4v) is 1.72. The maximum atomic E-state index is 12.7. The maximum absolute atomic E-state index is 12.7. The van der Waals surface area contributed by atoms with Crippen LogP contribution in [0.5, 0.6) is 0 Å². The van der Waals surface area contributed by atoms with Gasteiger partial charge in [-0.25, -0.2) is 4.79 Å². The molecule has 2 N–H and O–H groups in total. The molecule has 0 aliphatic rings. The molecule has 106 valence electrons. The summed E-state index contributed by atoms with van der Waals surface area (Å²) in [6, 6.07) is 3.31. The summed E-state index contributed by atoms with van der Waals surface area (Å²) in [6.45, 7) is 3.89. The van der Waals surface area contributed by atoms with Crippen molar-refractivity contribution in [1.29, 1.82) is 0 Å². The van der Waals surface area contributed by atoms with Gasteiger partial charge in [-0.1, -0.05) is 20.3 Å². The largest absolute Gasteiger partial charge is 0.465 e. The fraction of sp³-hybridized carbons (Fsp3) is 0.462. The van der Waals surface area contributed by atoms with E-state index < -0.39 is 17.8 Å². The lowest BCUT2D eigenvalue weighted by Gasteiger charge is -2.14. The number of carboxylic acid groups (broad SMARTS) is 1. The summed E-state index contributed by atoms with van der Waals surface area (Å²) >= 11 is 0. The van der Waals surface area contributed by atoms with E-state index >= 15 is 0 Å². The molecule has 1 unspecified atom stereocenters. The molecule has 1 amide bonds. The normalized spacial score (nSPS) is 13.1. The molecule has 0 radical (unpaired) electrons. The zero-order chi connectivity index (χ0) is 14.6. The van der Waals surface area contributed by atoms with Gasteiger partial charge in [-0.2, -0.15) is 13.2 Å². The van der Waals surface area contributed by atoms with Crippen LogP contribution < -0.4 is 5.32 Å². The molecule has 0 saturated carbocycles. The minimum Gasteiger partial charge on any atom is -0.465 e. The van der Waals surface area contributed by atoms with Crippen LogP contribution in [0.1, 0.15) is 31.4 Å². The van der Waals surface area contributed by atoms with Gasteiger partial charge in [0.25, 0.3) is 0 Å². The number of amides is 1. The molecule has 0 aliphatic heterocycles. The highest BCUT2D eigenvalue weighted by Gasteiger charge is 2.31. The van der Waals surface area contributed by atoms with Crippen LogP contribution in [0.15, 0.2) is 18.2 Å². The lowest BCUT2D eigenvalue weighted by molar-refractivity contribution is -0.137. The number of anilines is 1. The predicted molar refractivity (Wildman–Crippen MR) is 66.3 cm³/mol. The molecule has 0 saturated heterocycles. The van der Waals surface area contributed by atoms with Crippen molar-refractivity contribution in [3.63, 3.8) is 0 Å². The van der Waals surface area contributed by atoms with Gasteiger partial charge >= 0.3 is 12.3 Å². The van der Waals surface area contributed by atoms with E-state index in [1.807, 2.05) is 19.2 Å². The third-order valence-corrected chi connectivity index (χ3v) is 2.85. The van der Waals surface area contributed by atoms with Gasteiger partial charge in [0.1, 0.15) is 0 Å². The van der Waals surface area contributed by atoms with Gasteiger partial charge in [-0.05, 0) is 36.1 Å². The van der Waals surface area contributed by atoms with Gasteiger partial charge in [0.2, 0.25) is 0 Å². The summed E-state index contributed by atoms with van der Waals surface area (Å²) < 4.78 is 38.2. The van der Waals surface area contributed by atoms with E-state index in [0.717, 1.165) is 18.6 Å². The molecule has 3 nitrogen and oxygen atoms in total. The second-order valence-corrected chi connectivity index (χ2v) is 4.56. The number of rotatable bonds is 4. The molecule has 1 atom stereocenters. The summed E-state index contributed by atoms with van der Waals surface area (Å²) in [5.41, 5.74) is -0.411. The monoisotopic (exact) mass is 275 g/mol. The third-order valence-electron chi connectivity index (χ3n) is 2.85. The van der Waals surface area contributed by atoms with Crippen LogP contribution >= 0.6 is 0 Å². The molecular weight excluding hydrogens is 259 g/mol. The Morgan fingerprint density at radius 1 is 1.37 bits per heavy atom. The zero-order valence-electron chi connectivity index (χ0n) is 10.7. The van der Waals surface area contributed by atoms with E-state index in [1.165, 1.54) is 6.07 Å². The Bertz CT molecular complexity index is 458. The van der Waals surface area contributed by atoms with Crippen molar-refractivity contribution in [1.82, 2.24) is 0 Å². The molecule has 1 aromatic carbocycles. The van der Waals surface area contributed by atoms with Crippen molar-refractivity contribution in [3.05, 3.63) is 29.3 Å². The van der Waals surface area contributed by atoms with E-state index in [4.69, 9.17) is 5.11 Å². The lowest BCUT2D eigenvalue weighted by Crippen LogP contribution is -2.12. The molecule has 0 spiro atoms. The van der Waals surface area contributed by atoms with Crippen molar-refractivity contribution >= 4 is 11.8 Å². The van der Waals surface area contributed by atoms with E-state index in [1.54, 1.807) is 0 Å². The smallest absolute Gasteiger partial charge is 0.416 e. The second-order valence-electron chi connectivity index (χ2n) is 4.56. The second kappa shape index (κ2) is 5.95.